The highest BCUT2D eigenvalue weighted by Crippen LogP contribution is 2.11. The van der Waals surface area contributed by atoms with Gasteiger partial charge in [-0.15, -0.1) is 5.46 Å². The van der Waals surface area contributed by atoms with Gasteiger partial charge in [-0.05, 0) is 33.3 Å². The van der Waals surface area contributed by atoms with E-state index in [0.29, 0.717) is 5.46 Å². The molecular formula is C11H13B6N2. The average Bonchev–Trinajstić information content (AvgIpc) is 2.31. The van der Waals surface area contributed by atoms with Gasteiger partial charge < -0.3 is 0 Å². The minimum Gasteiger partial charge on any atom is -0.279 e. The molecule has 0 saturated heterocycles. The van der Waals surface area contributed by atoms with Crippen molar-refractivity contribution in [1.29, 1.82) is 0 Å². The van der Waals surface area contributed by atoms with Crippen molar-refractivity contribution in [2.24, 2.45) is 5.10 Å². The zero-order valence-electron chi connectivity index (χ0n) is 11.9. The Morgan fingerprint density at radius 3 is 2.21 bits per heavy atom. The van der Waals surface area contributed by atoms with Gasteiger partial charge in [0.25, 0.3) is 0 Å². The first-order valence-electron chi connectivity index (χ1n) is 6.06. The number of rotatable bonds is 4. The van der Waals surface area contributed by atoms with Gasteiger partial charge >= 0.3 is 0 Å². The number of nitrogens with zero attached hydrogens (tertiary/aromatic N) is 1. The summed E-state index contributed by atoms with van der Waals surface area (Å²) in [5.41, 5.74) is 8.47. The van der Waals surface area contributed by atoms with Crippen molar-refractivity contribution in [2.75, 3.05) is 5.43 Å². The van der Waals surface area contributed by atoms with Crippen LogP contribution in [0, 0.1) is 13.8 Å². The first-order valence-corrected chi connectivity index (χ1v) is 6.06. The Morgan fingerprint density at radius 1 is 1.21 bits per heavy atom. The fourth-order valence-corrected chi connectivity index (χ4v) is 2.02. The lowest BCUT2D eigenvalue weighted by molar-refractivity contribution is 1.30. The molecule has 0 aliphatic heterocycles. The molecule has 1 N–H and O–H groups in total. The topological polar surface area (TPSA) is 24.4 Å². The molecule has 0 saturated carbocycles. The molecule has 0 aliphatic carbocycles. The fourth-order valence-electron chi connectivity index (χ4n) is 2.02. The quantitative estimate of drug-likeness (QED) is 0.379. The van der Waals surface area contributed by atoms with E-state index in [1.807, 2.05) is 27.7 Å². The van der Waals surface area contributed by atoms with Gasteiger partial charge in [0.1, 0.15) is 7.85 Å². The van der Waals surface area contributed by atoms with Crippen LogP contribution < -0.4 is 21.8 Å². The summed E-state index contributed by atoms with van der Waals surface area (Å²) in [6.45, 7) is 6.93. The molecule has 1 aromatic rings. The maximum absolute atomic E-state index is 6.09. The highest BCUT2D eigenvalue weighted by Gasteiger charge is 2.18. The highest BCUT2D eigenvalue weighted by atomic mass is 15.3. The van der Waals surface area contributed by atoms with Crippen LogP contribution in [0.3, 0.4) is 0 Å². The summed E-state index contributed by atoms with van der Waals surface area (Å²) in [5, 5.41) is 4.19. The molecule has 0 fully saturated rings. The van der Waals surface area contributed by atoms with Crippen LogP contribution in [0.2, 0.25) is 0 Å². The molecule has 1 rings (SSSR count). The molecule has 0 spiro atoms. The van der Waals surface area contributed by atoms with Crippen molar-refractivity contribution in [2.45, 2.75) is 27.7 Å². The molecule has 0 unspecified atom stereocenters. The summed E-state index contributed by atoms with van der Waals surface area (Å²) >= 11 is 0. The van der Waals surface area contributed by atoms with Crippen molar-refractivity contribution in [3.8, 4) is 0 Å². The largest absolute Gasteiger partial charge is 0.279 e. The number of benzene rings is 1. The Bertz CT molecular complexity index is 509. The maximum atomic E-state index is 6.09. The Labute approximate surface area is 122 Å². The van der Waals surface area contributed by atoms with E-state index in [0.717, 1.165) is 33.5 Å². The normalized spacial score (nSPS) is 9.89. The van der Waals surface area contributed by atoms with Crippen LogP contribution in [0.4, 0.5) is 5.69 Å². The van der Waals surface area contributed by atoms with E-state index in [4.69, 9.17) is 31.1 Å². The van der Waals surface area contributed by atoms with Gasteiger partial charge in [-0.3, -0.25) is 5.43 Å². The molecule has 9 radical (unpaired) electrons. The van der Waals surface area contributed by atoms with Gasteiger partial charge in [-0.25, -0.2) is 0 Å². The van der Waals surface area contributed by atoms with E-state index in [9.17, 15) is 0 Å². The van der Waals surface area contributed by atoms with Crippen molar-refractivity contribution in [3.63, 3.8) is 0 Å². The van der Waals surface area contributed by atoms with Gasteiger partial charge in [0.15, 0.2) is 0 Å². The Balaban J connectivity index is 3.55. The highest BCUT2D eigenvalue weighted by molar-refractivity contribution is 7.35. The summed E-state index contributed by atoms with van der Waals surface area (Å²) in [4.78, 5) is 0. The zero-order valence-corrected chi connectivity index (χ0v) is 11.9. The predicted octanol–water partition coefficient (Wildman–Crippen LogP) is -1.65. The number of hydrazone groups is 1. The van der Waals surface area contributed by atoms with Crippen molar-refractivity contribution >= 4 is 72.5 Å². The van der Waals surface area contributed by atoms with Crippen LogP contribution in [0.1, 0.15) is 25.0 Å². The smallest absolute Gasteiger partial charge is 0.113 e. The predicted molar refractivity (Wildman–Crippen MR) is 91.7 cm³/mol. The lowest BCUT2D eigenvalue weighted by Gasteiger charge is -2.24. The number of nitrogens with one attached hydrogen (secondary N) is 1. The summed E-state index contributed by atoms with van der Waals surface area (Å²) in [6, 6.07) is 0. The van der Waals surface area contributed by atoms with Crippen LogP contribution >= 0.6 is 0 Å². The molecule has 85 valence electrons. The van der Waals surface area contributed by atoms with E-state index in [2.05, 4.69) is 10.5 Å². The molecule has 0 heterocycles. The van der Waals surface area contributed by atoms with E-state index in [1.165, 1.54) is 7.17 Å². The number of hydrogen-bond donors (Lipinski definition) is 1. The molecule has 1 aromatic carbocycles. The molecule has 8 heteroatoms. The standard InChI is InChI=1S/C11H13B6N2/c1-5(2)18-19-11-6(3)8(12)9(16-13)7(4)10(11)17(14)15/h19H,1-4H3. The lowest BCUT2D eigenvalue weighted by Crippen LogP contribution is -2.47. The van der Waals surface area contributed by atoms with E-state index in [-0.39, 0.29) is 0 Å². The van der Waals surface area contributed by atoms with Crippen LogP contribution in [0.25, 0.3) is 0 Å². The average molecular weight is 238 g/mol. The third-order valence-corrected chi connectivity index (χ3v) is 3.04. The van der Waals surface area contributed by atoms with Crippen molar-refractivity contribution < 1.29 is 0 Å². The third-order valence-electron chi connectivity index (χ3n) is 3.04. The van der Waals surface area contributed by atoms with Crippen LogP contribution in [0.5, 0.6) is 0 Å². The van der Waals surface area contributed by atoms with Gasteiger partial charge in [-0.1, -0.05) is 16.5 Å². The second-order valence-electron chi connectivity index (χ2n) is 4.73. The van der Waals surface area contributed by atoms with Crippen molar-refractivity contribution in [1.82, 2.24) is 0 Å². The number of anilines is 1. The van der Waals surface area contributed by atoms with E-state index in [1.54, 1.807) is 0 Å². The Hall–Kier alpha value is -0.920. The Morgan fingerprint density at radius 2 is 1.79 bits per heavy atom. The minimum absolute atomic E-state index is 0.607. The second kappa shape index (κ2) is 6.49. The molecule has 0 aromatic heterocycles. The maximum Gasteiger partial charge on any atom is 0.113 e. The first-order chi connectivity index (χ1) is 8.81. The monoisotopic (exact) mass is 239 g/mol. The lowest BCUT2D eigenvalue weighted by atomic mass is 9.16. The zero-order chi connectivity index (χ0) is 14.7. The van der Waals surface area contributed by atoms with Gasteiger partial charge in [0.05, 0.1) is 19.4 Å². The molecule has 2 nitrogen and oxygen atoms in total. The first kappa shape index (κ1) is 16.1. The Kier molecular flexibility index (Phi) is 5.51. The van der Waals surface area contributed by atoms with Crippen LogP contribution in [0.15, 0.2) is 5.10 Å². The molecule has 0 atom stereocenters. The summed E-state index contributed by atoms with van der Waals surface area (Å²) in [6.07, 6.45) is 0. The van der Waals surface area contributed by atoms with Gasteiger partial charge in [0.2, 0.25) is 0 Å². The van der Waals surface area contributed by atoms with Gasteiger partial charge in [0, 0.05) is 28.9 Å². The van der Waals surface area contributed by atoms with E-state index < -0.39 is 6.49 Å². The van der Waals surface area contributed by atoms with Crippen molar-refractivity contribution in [3.05, 3.63) is 11.1 Å². The van der Waals surface area contributed by atoms with E-state index >= 15 is 0 Å². The molecule has 0 aliphatic rings. The third kappa shape index (κ3) is 3.34. The minimum atomic E-state index is -0.632. The molecule has 19 heavy (non-hydrogen) atoms. The molecular weight excluding hydrogens is 225 g/mol. The van der Waals surface area contributed by atoms with Gasteiger partial charge in [-0.2, -0.15) is 5.10 Å². The molecule has 0 amide bonds. The van der Waals surface area contributed by atoms with Crippen LogP contribution in [-0.2, 0) is 0 Å². The second-order valence-corrected chi connectivity index (χ2v) is 4.73. The molecule has 0 bridgehead atoms. The summed E-state index contributed by atoms with van der Waals surface area (Å²) in [5.74, 6) is 0. The SMILES string of the molecule is [B][B]c1c([B])c(C)c(NN=C(C)C)c(B([B])[B])c1C. The number of hydrogen-bond acceptors (Lipinski definition) is 2. The summed E-state index contributed by atoms with van der Waals surface area (Å²) in [7, 11) is 24.9. The fraction of sp³-hybridized carbons (Fsp3) is 0.364. The summed E-state index contributed by atoms with van der Waals surface area (Å²) < 4.78 is 0. The van der Waals surface area contributed by atoms with Crippen LogP contribution in [-0.4, -0.2) is 50.4 Å².